The summed E-state index contributed by atoms with van der Waals surface area (Å²) < 4.78 is 0. The first-order chi connectivity index (χ1) is 9.15. The van der Waals surface area contributed by atoms with Crippen LogP contribution in [-0.4, -0.2) is 17.0 Å². The summed E-state index contributed by atoms with van der Waals surface area (Å²) in [5.41, 5.74) is 1.04. The van der Waals surface area contributed by atoms with Crippen molar-refractivity contribution in [1.29, 1.82) is 0 Å². The van der Waals surface area contributed by atoms with Crippen LogP contribution in [0.15, 0.2) is 36.4 Å². The van der Waals surface area contributed by atoms with Crippen LogP contribution in [-0.2, 0) is 4.79 Å². The lowest BCUT2D eigenvalue weighted by Gasteiger charge is -2.02. The molecule has 2 aromatic carbocycles. The predicted octanol–water partition coefficient (Wildman–Crippen LogP) is 2.26. The van der Waals surface area contributed by atoms with Crippen molar-refractivity contribution >= 4 is 17.8 Å². The third-order valence-corrected chi connectivity index (χ3v) is 3.16. The van der Waals surface area contributed by atoms with Gasteiger partial charge in [-0.3, -0.25) is 19.7 Å². The summed E-state index contributed by atoms with van der Waals surface area (Å²) in [7, 11) is 0. The molecule has 0 aliphatic heterocycles. The van der Waals surface area contributed by atoms with Gasteiger partial charge in [-0.15, -0.1) is 0 Å². The first-order valence-corrected chi connectivity index (χ1v) is 5.49. The maximum atomic E-state index is 12.2. The molecule has 19 heavy (non-hydrogen) atoms. The van der Waals surface area contributed by atoms with Crippen molar-refractivity contribution in [2.45, 2.75) is 0 Å². The summed E-state index contributed by atoms with van der Waals surface area (Å²) in [6, 6.07) is 9.10. The largest absolute Gasteiger partial charge is 0.289 e. The molecule has 0 atom stereocenters. The van der Waals surface area contributed by atoms with E-state index in [-0.39, 0.29) is 28.2 Å². The fourth-order valence-electron chi connectivity index (χ4n) is 2.37. The van der Waals surface area contributed by atoms with Crippen LogP contribution >= 0.6 is 0 Å². The topological polar surface area (TPSA) is 77.3 Å². The zero-order valence-corrected chi connectivity index (χ0v) is 9.54. The van der Waals surface area contributed by atoms with Gasteiger partial charge in [0.05, 0.1) is 10.5 Å². The molecular weight excluding hydrogens is 246 g/mol. The summed E-state index contributed by atoms with van der Waals surface area (Å²) in [6.07, 6.45) is 1.67. The minimum Gasteiger partial charge on any atom is -0.289 e. The van der Waals surface area contributed by atoms with Crippen LogP contribution in [0.25, 0.3) is 11.1 Å². The van der Waals surface area contributed by atoms with Gasteiger partial charge < -0.3 is 0 Å². The van der Waals surface area contributed by atoms with Crippen LogP contribution in [0.1, 0.15) is 21.5 Å². The van der Waals surface area contributed by atoms with Crippen LogP contribution < -0.4 is 0 Å². The summed E-state index contributed by atoms with van der Waals surface area (Å²) >= 11 is 0. The Labute approximate surface area is 107 Å². The molecule has 0 aromatic heterocycles. The van der Waals surface area contributed by atoms with Crippen molar-refractivity contribution in [1.82, 2.24) is 0 Å². The van der Waals surface area contributed by atoms with E-state index in [1.54, 1.807) is 30.6 Å². The van der Waals surface area contributed by atoms with Crippen molar-refractivity contribution in [3.63, 3.8) is 0 Å². The second-order valence-corrected chi connectivity index (χ2v) is 4.12. The highest BCUT2D eigenvalue weighted by molar-refractivity contribution is 6.25. The number of nitro benzene ring substituents is 1. The van der Waals surface area contributed by atoms with Crippen molar-refractivity contribution < 1.29 is 14.5 Å². The van der Waals surface area contributed by atoms with Gasteiger partial charge in [0, 0.05) is 28.3 Å². The summed E-state index contributed by atoms with van der Waals surface area (Å²) in [5, 5.41) is 11.1. The monoisotopic (exact) mass is 252 g/mol. The molecule has 0 saturated carbocycles. The van der Waals surface area contributed by atoms with Crippen LogP contribution in [0, 0.1) is 10.1 Å². The molecule has 5 nitrogen and oxygen atoms in total. The van der Waals surface area contributed by atoms with Gasteiger partial charge in [0.25, 0.3) is 5.69 Å². The van der Waals surface area contributed by atoms with E-state index in [0.717, 1.165) is 0 Å². The molecular formula is C14H6NO4. The van der Waals surface area contributed by atoms with E-state index < -0.39 is 4.92 Å². The molecule has 0 heterocycles. The fraction of sp³-hybridized carbons (Fsp3) is 0. The number of hydrogen-bond donors (Lipinski definition) is 0. The first kappa shape index (κ1) is 11.3. The van der Waals surface area contributed by atoms with Crippen molar-refractivity contribution in [2.24, 2.45) is 0 Å². The standard InChI is InChI=1S/C14H6NO4/c16-7-8-5-6-11(15(18)19)13-9-3-1-2-4-10(9)14(17)12(8)13/h1-6H. The Morgan fingerprint density at radius 1 is 1.00 bits per heavy atom. The quantitative estimate of drug-likeness (QED) is 0.517. The van der Waals surface area contributed by atoms with E-state index >= 15 is 0 Å². The average molecular weight is 252 g/mol. The molecule has 1 aliphatic carbocycles. The summed E-state index contributed by atoms with van der Waals surface area (Å²) in [6.45, 7) is 0. The number of nitrogens with zero attached hydrogens (tertiary/aromatic N) is 1. The smallest absolute Gasteiger partial charge is 0.278 e. The third-order valence-electron chi connectivity index (χ3n) is 3.16. The molecule has 0 spiro atoms. The highest BCUT2D eigenvalue weighted by Gasteiger charge is 2.35. The molecule has 0 unspecified atom stereocenters. The Balaban J connectivity index is 2.46. The minimum absolute atomic E-state index is 0.0572. The molecule has 0 fully saturated rings. The second kappa shape index (κ2) is 3.84. The number of carbonyl (C=O) groups is 1. The maximum Gasteiger partial charge on any atom is 0.278 e. The number of fused-ring (bicyclic) bond motifs is 3. The zero-order valence-electron chi connectivity index (χ0n) is 9.54. The second-order valence-electron chi connectivity index (χ2n) is 4.12. The number of nitro groups is 1. The van der Waals surface area contributed by atoms with Gasteiger partial charge in [-0.25, -0.2) is 0 Å². The highest BCUT2D eigenvalue weighted by atomic mass is 16.6. The van der Waals surface area contributed by atoms with E-state index in [4.69, 9.17) is 0 Å². The number of carbonyl (C=O) groups excluding carboxylic acids is 2. The zero-order chi connectivity index (χ0) is 13.6. The van der Waals surface area contributed by atoms with Crippen LogP contribution in [0.5, 0.6) is 0 Å². The van der Waals surface area contributed by atoms with Crippen molar-refractivity contribution in [3.05, 3.63) is 63.2 Å². The lowest BCUT2D eigenvalue weighted by molar-refractivity contribution is -0.384. The van der Waals surface area contributed by atoms with Gasteiger partial charge in [-0.05, 0) is 6.07 Å². The lowest BCUT2D eigenvalue weighted by atomic mass is 10.00. The highest BCUT2D eigenvalue weighted by Crippen LogP contribution is 2.43. The average Bonchev–Trinajstić information content (AvgIpc) is 2.73. The Bertz CT molecular complexity index is 749. The molecule has 0 amide bonds. The summed E-state index contributed by atoms with van der Waals surface area (Å²) in [4.78, 5) is 33.7. The van der Waals surface area contributed by atoms with Crippen molar-refractivity contribution in [3.8, 4) is 11.1 Å². The van der Waals surface area contributed by atoms with Gasteiger partial charge in [0.15, 0.2) is 5.78 Å². The predicted molar refractivity (Wildman–Crippen MR) is 66.8 cm³/mol. The van der Waals surface area contributed by atoms with E-state index in [1.807, 2.05) is 0 Å². The molecule has 0 N–H and O–H groups in total. The first-order valence-electron chi connectivity index (χ1n) is 5.49. The normalized spacial score (nSPS) is 11.9. The Morgan fingerprint density at radius 3 is 2.32 bits per heavy atom. The van der Waals surface area contributed by atoms with Gasteiger partial charge in [-0.1, -0.05) is 24.3 Å². The summed E-state index contributed by atoms with van der Waals surface area (Å²) in [5.74, 6) is -0.368. The fourth-order valence-corrected chi connectivity index (χ4v) is 2.37. The maximum absolute atomic E-state index is 12.2. The molecule has 91 valence electrons. The SMILES string of the molecule is O=[C]c1ccc([N+](=O)[O-])c2c1C(=O)c1ccccc1-2. The lowest BCUT2D eigenvalue weighted by Crippen LogP contribution is -2.01. The van der Waals surface area contributed by atoms with E-state index in [9.17, 15) is 19.7 Å². The van der Waals surface area contributed by atoms with Gasteiger partial charge in [0.1, 0.15) is 0 Å². The molecule has 1 radical (unpaired) electrons. The third kappa shape index (κ3) is 1.41. The number of benzene rings is 2. The number of rotatable bonds is 2. The molecule has 0 saturated heterocycles. The Morgan fingerprint density at radius 2 is 1.68 bits per heavy atom. The van der Waals surface area contributed by atoms with Crippen molar-refractivity contribution in [2.75, 3.05) is 0 Å². The van der Waals surface area contributed by atoms with E-state index in [1.165, 1.54) is 12.1 Å². The Kier molecular flexibility index (Phi) is 2.28. The molecule has 5 heteroatoms. The van der Waals surface area contributed by atoms with Gasteiger partial charge >= 0.3 is 0 Å². The van der Waals surface area contributed by atoms with Crippen LogP contribution in [0.2, 0.25) is 0 Å². The van der Waals surface area contributed by atoms with E-state index in [2.05, 4.69) is 0 Å². The number of hydrogen-bond acceptors (Lipinski definition) is 4. The molecule has 1 aliphatic rings. The molecule has 3 rings (SSSR count). The van der Waals surface area contributed by atoms with Gasteiger partial charge in [0.2, 0.25) is 6.29 Å². The van der Waals surface area contributed by atoms with Gasteiger partial charge in [-0.2, -0.15) is 0 Å². The minimum atomic E-state index is -0.553. The van der Waals surface area contributed by atoms with Crippen LogP contribution in [0.4, 0.5) is 5.69 Å². The molecule has 0 bridgehead atoms. The Hall–Kier alpha value is -2.82. The van der Waals surface area contributed by atoms with Crippen LogP contribution in [0.3, 0.4) is 0 Å². The van der Waals surface area contributed by atoms with E-state index in [0.29, 0.717) is 11.1 Å². The number of ketones is 1. The molecule has 2 aromatic rings.